The Morgan fingerprint density at radius 2 is 1.78 bits per heavy atom. The highest BCUT2D eigenvalue weighted by Crippen LogP contribution is 2.40. The van der Waals surface area contributed by atoms with Crippen LogP contribution in [0.25, 0.3) is 0 Å². The Labute approximate surface area is 153 Å². The average Bonchev–Trinajstić information content (AvgIpc) is 2.61. The van der Waals surface area contributed by atoms with Crippen LogP contribution in [0.15, 0.2) is 46.8 Å². The van der Waals surface area contributed by atoms with Gasteiger partial charge in [0.15, 0.2) is 6.29 Å². The standard InChI is InChI=1S/C17H18N2O8/c1-8-11(15(20)21)12(9-5-4-6-10(7-9)19(24)25)13(16(22)23)14(18-8)17(26-2)27-3/h4-7,12,17-18H,1-3H3,(H,20,21)(H,22,23). The Morgan fingerprint density at radius 3 is 2.26 bits per heavy atom. The molecule has 1 heterocycles. The first-order valence-electron chi connectivity index (χ1n) is 7.71. The molecule has 0 radical (unpaired) electrons. The summed E-state index contributed by atoms with van der Waals surface area (Å²) in [6.45, 7) is 1.47. The molecule has 0 aromatic heterocycles. The van der Waals surface area contributed by atoms with Crippen LogP contribution >= 0.6 is 0 Å². The maximum atomic E-state index is 12.0. The van der Waals surface area contributed by atoms with Crippen LogP contribution in [0.3, 0.4) is 0 Å². The van der Waals surface area contributed by atoms with Crippen LogP contribution in [0.2, 0.25) is 0 Å². The number of nitro groups is 1. The Bertz CT molecular complexity index is 854. The predicted octanol–water partition coefficient (Wildman–Crippen LogP) is 1.60. The maximum absolute atomic E-state index is 12.0. The third-order valence-electron chi connectivity index (χ3n) is 4.13. The SMILES string of the molecule is COC(OC)C1=C(C(=O)O)C(c2cccc([N+](=O)[O-])c2)C(C(=O)O)=C(C)N1. The summed E-state index contributed by atoms with van der Waals surface area (Å²) < 4.78 is 10.3. The van der Waals surface area contributed by atoms with Crippen LogP contribution in [-0.4, -0.2) is 47.6 Å². The molecule has 1 unspecified atom stereocenters. The molecule has 0 saturated carbocycles. The van der Waals surface area contributed by atoms with E-state index < -0.39 is 29.1 Å². The van der Waals surface area contributed by atoms with Gasteiger partial charge in [-0.1, -0.05) is 12.1 Å². The average molecular weight is 378 g/mol. The number of nitrogens with one attached hydrogen (secondary N) is 1. The van der Waals surface area contributed by atoms with E-state index in [1.165, 1.54) is 39.3 Å². The zero-order valence-corrected chi connectivity index (χ0v) is 14.8. The highest BCUT2D eigenvalue weighted by Gasteiger charge is 2.40. The zero-order chi connectivity index (χ0) is 20.3. The van der Waals surface area contributed by atoms with Crippen molar-refractivity contribution in [2.75, 3.05) is 14.2 Å². The molecule has 27 heavy (non-hydrogen) atoms. The molecule has 1 aromatic carbocycles. The van der Waals surface area contributed by atoms with Gasteiger partial charge in [-0.2, -0.15) is 0 Å². The van der Waals surface area contributed by atoms with E-state index in [1.807, 2.05) is 0 Å². The third kappa shape index (κ3) is 3.81. The van der Waals surface area contributed by atoms with Crippen molar-refractivity contribution in [3.05, 3.63) is 62.5 Å². The van der Waals surface area contributed by atoms with Crippen molar-refractivity contribution < 1.29 is 34.2 Å². The lowest BCUT2D eigenvalue weighted by molar-refractivity contribution is -0.384. The molecule has 10 nitrogen and oxygen atoms in total. The number of nitro benzene ring substituents is 1. The van der Waals surface area contributed by atoms with Gasteiger partial charge < -0.3 is 25.0 Å². The number of ether oxygens (including phenoxy) is 2. The summed E-state index contributed by atoms with van der Waals surface area (Å²) in [6, 6.07) is 5.20. The van der Waals surface area contributed by atoms with Gasteiger partial charge >= 0.3 is 11.9 Å². The van der Waals surface area contributed by atoms with Gasteiger partial charge in [0.1, 0.15) is 0 Å². The Kier molecular flexibility index (Phi) is 5.93. The number of methoxy groups -OCH3 is 2. The van der Waals surface area contributed by atoms with Gasteiger partial charge in [0.05, 0.1) is 27.7 Å². The van der Waals surface area contributed by atoms with Crippen LogP contribution in [0, 0.1) is 10.1 Å². The first-order valence-corrected chi connectivity index (χ1v) is 7.71. The second kappa shape index (κ2) is 7.98. The van der Waals surface area contributed by atoms with Crippen molar-refractivity contribution in [2.24, 2.45) is 0 Å². The van der Waals surface area contributed by atoms with Crippen LogP contribution in [-0.2, 0) is 19.1 Å². The van der Waals surface area contributed by atoms with Crippen molar-refractivity contribution >= 4 is 17.6 Å². The molecular formula is C17H18N2O8. The lowest BCUT2D eigenvalue weighted by Crippen LogP contribution is -2.37. The molecule has 2 rings (SSSR count). The van der Waals surface area contributed by atoms with Crippen LogP contribution in [0.5, 0.6) is 0 Å². The molecule has 144 valence electrons. The lowest BCUT2D eigenvalue weighted by atomic mass is 9.80. The Balaban J connectivity index is 2.80. The van der Waals surface area contributed by atoms with E-state index in [0.29, 0.717) is 0 Å². The maximum Gasteiger partial charge on any atom is 0.334 e. The summed E-state index contributed by atoms with van der Waals surface area (Å²) in [5.74, 6) is -4.01. The predicted molar refractivity (Wildman–Crippen MR) is 91.8 cm³/mol. The van der Waals surface area contributed by atoms with Gasteiger partial charge in [-0.05, 0) is 12.5 Å². The van der Waals surface area contributed by atoms with Gasteiger partial charge in [0.25, 0.3) is 5.69 Å². The van der Waals surface area contributed by atoms with Crippen molar-refractivity contribution in [3.8, 4) is 0 Å². The van der Waals surface area contributed by atoms with Crippen molar-refractivity contribution in [3.63, 3.8) is 0 Å². The monoisotopic (exact) mass is 378 g/mol. The third-order valence-corrected chi connectivity index (χ3v) is 4.13. The molecule has 0 aliphatic carbocycles. The molecule has 1 atom stereocenters. The fourth-order valence-corrected chi connectivity index (χ4v) is 3.04. The topological polar surface area (TPSA) is 148 Å². The highest BCUT2D eigenvalue weighted by atomic mass is 16.7. The number of non-ortho nitro benzene ring substituents is 1. The second-order valence-electron chi connectivity index (χ2n) is 5.69. The summed E-state index contributed by atoms with van der Waals surface area (Å²) in [5.41, 5.74) is -0.488. The van der Waals surface area contributed by atoms with Crippen LogP contribution in [0.4, 0.5) is 5.69 Å². The second-order valence-corrected chi connectivity index (χ2v) is 5.69. The summed E-state index contributed by atoms with van der Waals surface area (Å²) in [4.78, 5) is 34.3. The number of nitrogens with zero attached hydrogens (tertiary/aromatic N) is 1. The minimum absolute atomic E-state index is 0.0199. The van der Waals surface area contributed by atoms with Crippen molar-refractivity contribution in [1.82, 2.24) is 5.32 Å². The first kappa shape index (κ1) is 20.1. The molecule has 1 aliphatic rings. The van der Waals surface area contributed by atoms with Gasteiger partial charge in [-0.25, -0.2) is 9.59 Å². The smallest absolute Gasteiger partial charge is 0.334 e. The van der Waals surface area contributed by atoms with E-state index in [9.17, 15) is 29.9 Å². The summed E-state index contributed by atoms with van der Waals surface area (Å²) >= 11 is 0. The number of hydrogen-bond donors (Lipinski definition) is 3. The minimum Gasteiger partial charge on any atom is -0.478 e. The van der Waals surface area contributed by atoms with Gasteiger partial charge in [-0.3, -0.25) is 10.1 Å². The van der Waals surface area contributed by atoms with E-state index in [-0.39, 0.29) is 33.8 Å². The largest absolute Gasteiger partial charge is 0.478 e. The normalized spacial score (nSPS) is 17.1. The van der Waals surface area contributed by atoms with E-state index in [0.717, 1.165) is 6.07 Å². The highest BCUT2D eigenvalue weighted by molar-refractivity contribution is 5.98. The van der Waals surface area contributed by atoms with E-state index in [2.05, 4.69) is 5.32 Å². The summed E-state index contributed by atoms with van der Waals surface area (Å²) in [5, 5.41) is 33.3. The summed E-state index contributed by atoms with van der Waals surface area (Å²) in [6.07, 6.45) is -1.09. The fourth-order valence-electron chi connectivity index (χ4n) is 3.04. The number of carboxylic acid groups (broad SMARTS) is 2. The molecule has 3 N–H and O–H groups in total. The number of allylic oxidation sites excluding steroid dienone is 1. The van der Waals surface area contributed by atoms with Crippen LogP contribution < -0.4 is 5.32 Å². The molecule has 10 heteroatoms. The number of benzene rings is 1. The molecule has 0 fully saturated rings. The van der Waals surface area contributed by atoms with E-state index in [4.69, 9.17) is 9.47 Å². The lowest BCUT2D eigenvalue weighted by Gasteiger charge is -2.32. The quantitative estimate of drug-likeness (QED) is 0.365. The minimum atomic E-state index is -1.40. The number of aliphatic carboxylic acids is 2. The number of rotatable bonds is 7. The van der Waals surface area contributed by atoms with Gasteiger partial charge in [0, 0.05) is 32.0 Å². The fraction of sp³-hybridized carbons (Fsp3) is 0.294. The van der Waals surface area contributed by atoms with Crippen molar-refractivity contribution in [2.45, 2.75) is 19.1 Å². The molecule has 0 amide bonds. The van der Waals surface area contributed by atoms with Gasteiger partial charge in [0.2, 0.25) is 0 Å². The van der Waals surface area contributed by atoms with E-state index >= 15 is 0 Å². The first-order chi connectivity index (χ1) is 12.7. The number of carboxylic acids is 2. The number of dihydropyridines is 1. The molecular weight excluding hydrogens is 360 g/mol. The molecule has 0 spiro atoms. The number of hydrogen-bond acceptors (Lipinski definition) is 7. The zero-order valence-electron chi connectivity index (χ0n) is 14.8. The molecule has 1 aromatic rings. The summed E-state index contributed by atoms with van der Waals surface area (Å²) in [7, 11) is 2.60. The Hall–Kier alpha value is -3.24. The van der Waals surface area contributed by atoms with Gasteiger partial charge in [-0.15, -0.1) is 0 Å². The number of carbonyl (C=O) groups is 2. The molecule has 1 aliphatic heterocycles. The molecule has 0 bridgehead atoms. The van der Waals surface area contributed by atoms with E-state index in [1.54, 1.807) is 0 Å². The van der Waals surface area contributed by atoms with Crippen LogP contribution in [0.1, 0.15) is 18.4 Å². The molecule has 0 saturated heterocycles. The Morgan fingerprint density at radius 1 is 1.19 bits per heavy atom. The van der Waals surface area contributed by atoms with Crippen molar-refractivity contribution in [1.29, 1.82) is 0 Å².